The smallest absolute Gasteiger partial charge is 0.139 e. The summed E-state index contributed by atoms with van der Waals surface area (Å²) in [7, 11) is 0. The Morgan fingerprint density at radius 3 is 2.73 bits per heavy atom. The first kappa shape index (κ1) is 3.70. The van der Waals surface area contributed by atoms with Gasteiger partial charge in [0.1, 0.15) is 5.82 Å². The number of piperazine rings is 1. The van der Waals surface area contributed by atoms with Crippen molar-refractivity contribution in [1.29, 1.82) is 0 Å². The number of rotatable bonds is 1. The summed E-state index contributed by atoms with van der Waals surface area (Å²) in [5, 5.41) is 0. The van der Waals surface area contributed by atoms with Crippen molar-refractivity contribution in [2.75, 3.05) is 37.9 Å². The van der Waals surface area contributed by atoms with E-state index in [2.05, 4.69) is 15.9 Å². The van der Waals surface area contributed by atoms with Crippen molar-refractivity contribution in [3.8, 4) is 0 Å². The van der Waals surface area contributed by atoms with E-state index in [9.17, 15) is 4.39 Å². The number of likely N-dealkylation sites (N-methyl/N-ethyl adjacent to an activating group) is 1. The van der Waals surface area contributed by atoms with Gasteiger partial charge in [-0.05, 0) is 41.1 Å². The minimum Gasteiger partial charge on any atom is -0.369 e. The standard InChI is InChI=1S/C11H14BrFN2/c1-14-4-6-15(7-5-14)9-2-3-10(12)11(13)8-9/h2-3,8H,4-7H2,1H3/i1D3,4D2,5D2,6D2,7D2. The van der Waals surface area contributed by atoms with E-state index in [0.717, 1.165) is 12.1 Å². The van der Waals surface area contributed by atoms with Gasteiger partial charge in [0.2, 0.25) is 0 Å². The van der Waals surface area contributed by atoms with E-state index in [4.69, 9.17) is 15.1 Å². The van der Waals surface area contributed by atoms with Crippen LogP contribution in [0.15, 0.2) is 22.7 Å². The van der Waals surface area contributed by atoms with E-state index in [-0.39, 0.29) is 9.37 Å². The van der Waals surface area contributed by atoms with E-state index in [1.54, 1.807) is 0 Å². The summed E-state index contributed by atoms with van der Waals surface area (Å²) in [6.45, 7) is -17.2. The Hall–Kier alpha value is -0.610. The number of hydrogen-bond donors (Lipinski definition) is 0. The van der Waals surface area contributed by atoms with Gasteiger partial charge in [-0.3, -0.25) is 0 Å². The summed E-state index contributed by atoms with van der Waals surface area (Å²) >= 11 is 2.88. The van der Waals surface area contributed by atoms with Crippen LogP contribution in [0.5, 0.6) is 0 Å². The molecule has 0 radical (unpaired) electrons. The molecule has 82 valence electrons. The predicted molar refractivity (Wildman–Crippen MR) is 63.8 cm³/mol. The maximum atomic E-state index is 13.9. The second kappa shape index (κ2) is 4.49. The van der Waals surface area contributed by atoms with Gasteiger partial charge in [0.25, 0.3) is 0 Å². The Morgan fingerprint density at radius 1 is 1.40 bits per heavy atom. The van der Waals surface area contributed by atoms with Gasteiger partial charge in [0.05, 0.1) is 9.96 Å². The molecule has 2 rings (SSSR count). The molecule has 2 nitrogen and oxygen atoms in total. The van der Waals surface area contributed by atoms with Crippen LogP contribution < -0.4 is 4.90 Å². The number of halogens is 2. The van der Waals surface area contributed by atoms with Crippen LogP contribution in [0.1, 0.15) is 15.1 Å². The van der Waals surface area contributed by atoms with Crippen molar-refractivity contribution in [2.24, 2.45) is 0 Å². The third kappa shape index (κ3) is 2.49. The summed E-state index contributed by atoms with van der Waals surface area (Å²) in [5.41, 5.74) is -0.487. The summed E-state index contributed by atoms with van der Waals surface area (Å²) in [5.74, 6) is -0.909. The minimum atomic E-state index is -3.49. The Kier molecular flexibility index (Phi) is 1.11. The zero-order valence-electron chi connectivity index (χ0n) is 18.4. The molecule has 1 aliphatic heterocycles. The van der Waals surface area contributed by atoms with Crippen molar-refractivity contribution in [3.05, 3.63) is 28.5 Å². The molecular formula is C11H14BrFN2. The SMILES string of the molecule is [2H]C([2H])([2H])N1C([2H])([2H])C([2H])([2H])N(c2ccc(Br)c(F)c2)C([2H])([2H])C1([2H])[2H]. The lowest BCUT2D eigenvalue weighted by Gasteiger charge is -2.34. The number of anilines is 1. The molecule has 4 heteroatoms. The van der Waals surface area contributed by atoms with Crippen molar-refractivity contribution >= 4 is 21.6 Å². The molecule has 0 atom stereocenters. The first-order chi connectivity index (χ1) is 11.4. The zero-order chi connectivity index (χ0) is 20.5. The van der Waals surface area contributed by atoms with E-state index < -0.39 is 49.4 Å². The fourth-order valence-corrected chi connectivity index (χ4v) is 1.26. The van der Waals surface area contributed by atoms with Gasteiger partial charge in [0, 0.05) is 41.3 Å². The number of benzene rings is 1. The van der Waals surface area contributed by atoms with Crippen LogP contribution >= 0.6 is 15.9 Å². The first-order valence-electron chi connectivity index (χ1n) is 9.46. The average molecular weight is 284 g/mol. The molecule has 15 heavy (non-hydrogen) atoms. The lowest BCUT2D eigenvalue weighted by molar-refractivity contribution is 0.312. The summed E-state index contributed by atoms with van der Waals surface area (Å²) in [6.07, 6.45) is 0. The van der Waals surface area contributed by atoms with Crippen molar-refractivity contribution < 1.29 is 19.5 Å². The summed E-state index contributed by atoms with van der Waals surface area (Å²) < 4.78 is 100. The quantitative estimate of drug-likeness (QED) is 0.781. The monoisotopic (exact) mass is 283 g/mol. The molecule has 1 saturated heterocycles. The maximum absolute atomic E-state index is 13.9. The fraction of sp³-hybridized carbons (Fsp3) is 0.455. The highest BCUT2D eigenvalue weighted by molar-refractivity contribution is 9.10. The summed E-state index contributed by atoms with van der Waals surface area (Å²) in [6, 6.07) is 2.90. The topological polar surface area (TPSA) is 6.48 Å². The largest absolute Gasteiger partial charge is 0.369 e. The number of hydrogen-bond acceptors (Lipinski definition) is 2. The Bertz CT molecular complexity index is 693. The van der Waals surface area contributed by atoms with E-state index in [1.807, 2.05) is 0 Å². The molecule has 0 aromatic heterocycles. The van der Waals surface area contributed by atoms with Crippen molar-refractivity contribution in [2.45, 2.75) is 0 Å². The zero-order valence-corrected chi connectivity index (χ0v) is 8.97. The van der Waals surface area contributed by atoms with Crippen molar-refractivity contribution in [3.63, 3.8) is 0 Å². The van der Waals surface area contributed by atoms with Crippen LogP contribution in [0.4, 0.5) is 10.1 Å². The van der Waals surface area contributed by atoms with E-state index in [1.165, 1.54) is 0 Å². The third-order valence-electron chi connectivity index (χ3n) is 1.71. The second-order valence-corrected chi connectivity index (χ2v) is 3.57. The van der Waals surface area contributed by atoms with Crippen LogP contribution in [-0.4, -0.2) is 37.9 Å². The Morgan fingerprint density at radius 2 is 2.13 bits per heavy atom. The molecule has 0 N–H and O–H groups in total. The average Bonchev–Trinajstić information content (AvgIpc) is 2.38. The normalized spacial score (nSPS) is 43.3. The van der Waals surface area contributed by atoms with Gasteiger partial charge in [-0.25, -0.2) is 4.39 Å². The molecule has 1 aromatic rings. The predicted octanol–water partition coefficient (Wildman–Crippen LogP) is 2.34. The third-order valence-corrected chi connectivity index (χ3v) is 2.35. The Balaban J connectivity index is 2.80. The molecule has 0 unspecified atom stereocenters. The lowest BCUT2D eigenvalue weighted by Crippen LogP contribution is -2.44. The van der Waals surface area contributed by atoms with Crippen LogP contribution in [-0.2, 0) is 0 Å². The molecular weight excluding hydrogens is 259 g/mol. The van der Waals surface area contributed by atoms with Gasteiger partial charge in [0.15, 0.2) is 0 Å². The molecule has 1 fully saturated rings. The van der Waals surface area contributed by atoms with Gasteiger partial charge in [-0.1, -0.05) is 0 Å². The molecule has 0 saturated carbocycles. The molecule has 0 aliphatic carbocycles. The fourth-order valence-electron chi connectivity index (χ4n) is 1.01. The van der Waals surface area contributed by atoms with Gasteiger partial charge in [-0.15, -0.1) is 0 Å². The van der Waals surface area contributed by atoms with Crippen LogP contribution in [0.2, 0.25) is 0 Å². The number of nitrogens with zero attached hydrogens (tertiary/aromatic N) is 2. The van der Waals surface area contributed by atoms with Crippen LogP contribution in [0, 0.1) is 5.82 Å². The van der Waals surface area contributed by atoms with Crippen molar-refractivity contribution in [1.82, 2.24) is 4.90 Å². The molecule has 0 spiro atoms. The second-order valence-electron chi connectivity index (χ2n) is 2.72. The highest BCUT2D eigenvalue weighted by Crippen LogP contribution is 2.22. The van der Waals surface area contributed by atoms with Gasteiger partial charge in [-0.2, -0.15) is 0 Å². The molecule has 0 amide bonds. The lowest BCUT2D eigenvalue weighted by atomic mass is 10.2. The molecule has 1 aromatic carbocycles. The maximum Gasteiger partial charge on any atom is 0.139 e. The summed E-state index contributed by atoms with van der Waals surface area (Å²) in [4.78, 5) is -0.337. The van der Waals surface area contributed by atoms with Crippen LogP contribution in [0.25, 0.3) is 0 Å². The van der Waals surface area contributed by atoms with E-state index >= 15 is 0 Å². The highest BCUT2D eigenvalue weighted by atomic mass is 79.9. The Labute approximate surface area is 113 Å². The van der Waals surface area contributed by atoms with Gasteiger partial charge >= 0.3 is 0 Å². The van der Waals surface area contributed by atoms with Gasteiger partial charge < -0.3 is 9.80 Å². The molecule has 1 heterocycles. The molecule has 0 bridgehead atoms. The highest BCUT2D eigenvalue weighted by Gasteiger charge is 2.14. The van der Waals surface area contributed by atoms with E-state index in [0.29, 0.717) is 6.07 Å². The minimum absolute atomic E-state index is 0.0190. The molecule has 1 aliphatic rings. The van der Waals surface area contributed by atoms with Crippen LogP contribution in [0.3, 0.4) is 0 Å². The first-order valence-corrected chi connectivity index (χ1v) is 4.75.